The Hall–Kier alpha value is -2.30. The number of benzene rings is 1. The van der Waals surface area contributed by atoms with E-state index in [9.17, 15) is 14.7 Å². The zero-order valence-electron chi connectivity index (χ0n) is 12.0. The van der Waals surface area contributed by atoms with E-state index in [1.54, 1.807) is 19.9 Å². The monoisotopic (exact) mass is 278 g/mol. The predicted molar refractivity (Wildman–Crippen MR) is 74.5 cm³/mol. The Morgan fingerprint density at radius 2 is 1.95 bits per heavy atom. The zero-order chi connectivity index (χ0) is 15.3. The fourth-order valence-corrected chi connectivity index (χ4v) is 1.53. The standard InChI is InChI=1S/C15H18O5/c1-9(2)20-15(18)12(10(3)16)7-11-5-6-13(17)14(8-11)19-4/h5-9,17H,1-4H3/b12-7-. The first kappa shape index (κ1) is 15.8. The van der Waals surface area contributed by atoms with Crippen molar-refractivity contribution in [2.24, 2.45) is 0 Å². The van der Waals surface area contributed by atoms with Crippen molar-refractivity contribution in [1.82, 2.24) is 0 Å². The molecule has 0 aliphatic carbocycles. The number of rotatable bonds is 5. The van der Waals surface area contributed by atoms with Gasteiger partial charge in [0.05, 0.1) is 13.2 Å². The molecule has 5 heteroatoms. The number of hydrogen-bond acceptors (Lipinski definition) is 5. The van der Waals surface area contributed by atoms with E-state index in [1.165, 1.54) is 32.2 Å². The van der Waals surface area contributed by atoms with Gasteiger partial charge >= 0.3 is 5.97 Å². The third kappa shape index (κ3) is 4.12. The minimum absolute atomic E-state index is 0.0150. The van der Waals surface area contributed by atoms with Gasteiger partial charge in [0.15, 0.2) is 17.3 Å². The lowest BCUT2D eigenvalue weighted by Gasteiger charge is -2.09. The molecule has 1 N–H and O–H groups in total. The summed E-state index contributed by atoms with van der Waals surface area (Å²) in [6, 6.07) is 4.53. The third-order valence-electron chi connectivity index (χ3n) is 2.46. The van der Waals surface area contributed by atoms with Crippen LogP contribution in [-0.4, -0.2) is 30.1 Å². The number of methoxy groups -OCH3 is 1. The van der Waals surface area contributed by atoms with Crippen LogP contribution >= 0.6 is 0 Å². The van der Waals surface area contributed by atoms with Crippen LogP contribution < -0.4 is 4.74 Å². The molecule has 0 heterocycles. The van der Waals surface area contributed by atoms with Gasteiger partial charge in [-0.3, -0.25) is 4.79 Å². The highest BCUT2D eigenvalue weighted by Crippen LogP contribution is 2.27. The van der Waals surface area contributed by atoms with Crippen LogP contribution in [0, 0.1) is 0 Å². The van der Waals surface area contributed by atoms with E-state index in [-0.39, 0.29) is 29.0 Å². The highest BCUT2D eigenvalue weighted by Gasteiger charge is 2.17. The van der Waals surface area contributed by atoms with Crippen LogP contribution in [0.25, 0.3) is 6.08 Å². The second-order valence-corrected chi connectivity index (χ2v) is 4.50. The van der Waals surface area contributed by atoms with Crippen LogP contribution in [0.15, 0.2) is 23.8 Å². The molecule has 0 aliphatic rings. The van der Waals surface area contributed by atoms with E-state index < -0.39 is 5.97 Å². The second kappa shape index (κ2) is 6.75. The summed E-state index contributed by atoms with van der Waals surface area (Å²) in [5.74, 6) is -0.806. The van der Waals surface area contributed by atoms with Gasteiger partial charge in [-0.25, -0.2) is 4.79 Å². The summed E-state index contributed by atoms with van der Waals surface area (Å²) in [7, 11) is 1.42. The molecule has 0 saturated carbocycles. The lowest BCUT2D eigenvalue weighted by atomic mass is 10.1. The topological polar surface area (TPSA) is 72.8 Å². The number of aromatic hydroxyl groups is 1. The first-order valence-electron chi connectivity index (χ1n) is 6.15. The van der Waals surface area contributed by atoms with E-state index >= 15 is 0 Å². The molecule has 108 valence electrons. The number of carbonyl (C=O) groups excluding carboxylic acids is 2. The van der Waals surface area contributed by atoms with Crippen molar-refractivity contribution in [3.8, 4) is 11.5 Å². The highest BCUT2D eigenvalue weighted by molar-refractivity contribution is 6.19. The van der Waals surface area contributed by atoms with E-state index in [4.69, 9.17) is 9.47 Å². The fourth-order valence-electron chi connectivity index (χ4n) is 1.53. The Kier molecular flexibility index (Phi) is 5.32. The third-order valence-corrected chi connectivity index (χ3v) is 2.46. The lowest BCUT2D eigenvalue weighted by Crippen LogP contribution is -2.17. The molecule has 0 atom stereocenters. The van der Waals surface area contributed by atoms with Gasteiger partial charge in [-0.15, -0.1) is 0 Å². The number of phenols is 1. The van der Waals surface area contributed by atoms with Gasteiger partial charge in [0.2, 0.25) is 0 Å². The number of phenolic OH excluding ortho intramolecular Hbond substituents is 1. The lowest BCUT2D eigenvalue weighted by molar-refractivity contribution is -0.143. The smallest absolute Gasteiger partial charge is 0.342 e. The molecule has 5 nitrogen and oxygen atoms in total. The minimum atomic E-state index is -0.667. The largest absolute Gasteiger partial charge is 0.504 e. The average molecular weight is 278 g/mol. The summed E-state index contributed by atoms with van der Waals surface area (Å²) in [5, 5.41) is 9.50. The van der Waals surface area contributed by atoms with Gasteiger partial charge in [0.1, 0.15) is 5.57 Å². The average Bonchev–Trinajstić information content (AvgIpc) is 2.36. The molecule has 1 aromatic rings. The van der Waals surface area contributed by atoms with Crippen molar-refractivity contribution in [3.05, 3.63) is 29.3 Å². The van der Waals surface area contributed by atoms with Crippen LogP contribution in [0.1, 0.15) is 26.3 Å². The number of ketones is 1. The van der Waals surface area contributed by atoms with Crippen LogP contribution in [0.4, 0.5) is 0 Å². The Balaban J connectivity index is 3.14. The van der Waals surface area contributed by atoms with Crippen molar-refractivity contribution in [3.63, 3.8) is 0 Å². The molecule has 1 aromatic carbocycles. The van der Waals surface area contributed by atoms with Gasteiger partial charge in [-0.05, 0) is 44.5 Å². The quantitative estimate of drug-likeness (QED) is 0.387. The number of ether oxygens (including phenoxy) is 2. The van der Waals surface area contributed by atoms with Crippen molar-refractivity contribution >= 4 is 17.8 Å². The molecule has 0 amide bonds. The fraction of sp³-hybridized carbons (Fsp3) is 0.333. The number of Topliss-reactive ketones (excluding diaryl/α,β-unsaturated/α-hetero) is 1. The van der Waals surface area contributed by atoms with Crippen LogP contribution in [0.5, 0.6) is 11.5 Å². The molecule has 0 saturated heterocycles. The van der Waals surface area contributed by atoms with Crippen molar-refractivity contribution < 1.29 is 24.2 Å². The Labute approximate surface area is 117 Å². The summed E-state index contributed by atoms with van der Waals surface area (Å²) in [5.41, 5.74) is 0.511. The molecule has 1 rings (SSSR count). The molecule has 0 radical (unpaired) electrons. The molecule has 0 spiro atoms. The van der Waals surface area contributed by atoms with E-state index in [0.717, 1.165) is 0 Å². The van der Waals surface area contributed by atoms with Gasteiger partial charge < -0.3 is 14.6 Å². The number of carbonyl (C=O) groups is 2. The van der Waals surface area contributed by atoms with E-state index in [1.807, 2.05) is 0 Å². The molecule has 0 unspecified atom stereocenters. The summed E-state index contributed by atoms with van der Waals surface area (Å²) in [6.45, 7) is 4.71. The maximum absolute atomic E-state index is 11.8. The van der Waals surface area contributed by atoms with Crippen molar-refractivity contribution in [2.75, 3.05) is 7.11 Å². The maximum Gasteiger partial charge on any atom is 0.342 e. The number of hydrogen-bond donors (Lipinski definition) is 1. The molecule has 0 aromatic heterocycles. The summed E-state index contributed by atoms with van der Waals surface area (Å²) in [4.78, 5) is 23.4. The maximum atomic E-state index is 11.8. The first-order valence-corrected chi connectivity index (χ1v) is 6.15. The van der Waals surface area contributed by atoms with E-state index in [2.05, 4.69) is 0 Å². The van der Waals surface area contributed by atoms with Crippen LogP contribution in [-0.2, 0) is 14.3 Å². The normalized spacial score (nSPS) is 11.3. The van der Waals surface area contributed by atoms with E-state index in [0.29, 0.717) is 5.56 Å². The molecular formula is C15H18O5. The number of esters is 1. The van der Waals surface area contributed by atoms with Crippen LogP contribution in [0.3, 0.4) is 0 Å². The molecule has 0 bridgehead atoms. The minimum Gasteiger partial charge on any atom is -0.504 e. The molecular weight excluding hydrogens is 260 g/mol. The molecule has 0 fully saturated rings. The Morgan fingerprint density at radius 3 is 2.45 bits per heavy atom. The van der Waals surface area contributed by atoms with Gasteiger partial charge in [-0.1, -0.05) is 6.07 Å². The summed E-state index contributed by atoms with van der Waals surface area (Å²) < 4.78 is 9.99. The predicted octanol–water partition coefficient (Wildman–Crippen LogP) is 2.32. The second-order valence-electron chi connectivity index (χ2n) is 4.50. The van der Waals surface area contributed by atoms with Gasteiger partial charge in [0.25, 0.3) is 0 Å². The Bertz CT molecular complexity index is 543. The SMILES string of the molecule is COc1cc(/C=C(/C(C)=O)C(=O)OC(C)C)ccc1O. The molecule has 20 heavy (non-hydrogen) atoms. The highest BCUT2D eigenvalue weighted by atomic mass is 16.5. The summed E-state index contributed by atoms with van der Waals surface area (Å²) in [6.07, 6.45) is 1.11. The van der Waals surface area contributed by atoms with Crippen LogP contribution in [0.2, 0.25) is 0 Å². The summed E-state index contributed by atoms with van der Waals surface area (Å²) >= 11 is 0. The van der Waals surface area contributed by atoms with Gasteiger partial charge in [0, 0.05) is 0 Å². The van der Waals surface area contributed by atoms with Crippen molar-refractivity contribution in [1.29, 1.82) is 0 Å². The van der Waals surface area contributed by atoms with Crippen molar-refractivity contribution in [2.45, 2.75) is 26.9 Å². The Morgan fingerprint density at radius 1 is 1.30 bits per heavy atom. The first-order chi connectivity index (χ1) is 9.35. The van der Waals surface area contributed by atoms with Gasteiger partial charge in [-0.2, -0.15) is 0 Å². The zero-order valence-corrected chi connectivity index (χ0v) is 12.0. The molecule has 0 aliphatic heterocycles.